The summed E-state index contributed by atoms with van der Waals surface area (Å²) in [5.41, 5.74) is 1.74. The first kappa shape index (κ1) is 82.6. The number of benzene rings is 2. The predicted octanol–water partition coefficient (Wildman–Crippen LogP) is 7.04. The van der Waals surface area contributed by atoms with Crippen molar-refractivity contribution >= 4 is 41.1 Å². The van der Waals surface area contributed by atoms with Crippen molar-refractivity contribution in [2.45, 2.75) is 189 Å². The van der Waals surface area contributed by atoms with Gasteiger partial charge >= 0.3 is 57.0 Å². The molecule has 0 atom stereocenters. The van der Waals surface area contributed by atoms with Gasteiger partial charge in [0.2, 0.25) is 5.91 Å². The Morgan fingerprint density at radius 1 is 0.724 bits per heavy atom. The van der Waals surface area contributed by atoms with Crippen LogP contribution in [0.1, 0.15) is 153 Å². The zero-order valence-corrected chi connectivity index (χ0v) is 54.5. The number of nitrogens with zero attached hydrogens (tertiary/aromatic N) is 2. The van der Waals surface area contributed by atoms with Gasteiger partial charge in [0.1, 0.15) is 22.7 Å². The summed E-state index contributed by atoms with van der Waals surface area (Å²) in [5.74, 6) is 2.76. The number of halogens is 1. The van der Waals surface area contributed by atoms with E-state index in [1.54, 1.807) is 62.7 Å². The van der Waals surface area contributed by atoms with Crippen molar-refractivity contribution in [3.63, 3.8) is 0 Å². The zero-order chi connectivity index (χ0) is 54.9. The van der Waals surface area contributed by atoms with Gasteiger partial charge in [-0.25, -0.2) is 16.2 Å². The average Bonchev–Trinajstić information content (AvgIpc) is 3.80. The predicted molar refractivity (Wildman–Crippen MR) is 302 cm³/mol. The van der Waals surface area contributed by atoms with Crippen molar-refractivity contribution in [3.05, 3.63) is 80.6 Å². The van der Waals surface area contributed by atoms with Gasteiger partial charge in [0.25, 0.3) is 0 Å². The van der Waals surface area contributed by atoms with Crippen molar-refractivity contribution in [2.24, 2.45) is 11.8 Å². The standard InChI is InChI=1S/C22H34N2O3.C20H30N2O4.C4H7O.3C3H8O.C2H5.CH3.BrH.Mg.Ti/c1-21(2,3)27-20(25)23-16-17-8-12-24(13-9-17)22(10-11-22)15-18-6-5-7-19(14-18)26-4;1-20(2,3)26-19(24)21-14-15-8-10-22(11-9-15)18(23)13-16-6-5-7-17(12-16)25-4;1-2-4-5-3-1;3*1-3(2)4;1-2;;;;/h5-7,14,17H,8-13,15-16H2,1-4H3,(H,23,25);5-7,12,15H,8-11,13-14H2,1-4H3,(H,21,24);3H,1-2,4H2;3*3-4H,1-2H3;1H2,2H3;1H3;1H;;/q;;-1;;;;2*-1;;2*+2/p-1. The summed E-state index contributed by atoms with van der Waals surface area (Å²) in [7, 11) is 3.35. The van der Waals surface area contributed by atoms with Gasteiger partial charge in [0.05, 0.1) is 20.6 Å². The quantitative estimate of drug-likeness (QED) is 0.114. The SMILES string of the molecule is CC(C)O.CC(C)O.CC(C)O.COc1cccc(CC(=O)N2CCC(CNC(=O)OC(C)(C)C)CC2)c1.COc1cccc(CC2(N3CCC(CNC(=O)OC(C)(C)C)CC3)CC2)c1.[Br-].[CH-]1CCCO1.[CH2-]C.[CH3-].[Mg+2].[Ti+2]. The Labute approximate surface area is 503 Å². The van der Waals surface area contributed by atoms with Crippen LogP contribution in [0, 0.1) is 32.8 Å². The number of carbonyl (C=O) groups excluding carboxylic acids is 3. The van der Waals surface area contributed by atoms with Crippen molar-refractivity contribution in [1.29, 1.82) is 0 Å². The first-order chi connectivity index (χ1) is 33.8. The molecule has 3 heterocycles. The molecule has 3 aliphatic heterocycles. The van der Waals surface area contributed by atoms with Crippen LogP contribution < -0.4 is 37.1 Å². The Hall–Kier alpha value is -2.19. The number of alkyl carbamates (subject to hydrolysis) is 2. The van der Waals surface area contributed by atoms with Gasteiger partial charge in [0.15, 0.2) is 0 Å². The Kier molecular flexibility index (Phi) is 49.5. The molecule has 0 unspecified atom stereocenters. The summed E-state index contributed by atoms with van der Waals surface area (Å²) in [6.07, 6.45) is 9.29. The second-order valence-electron chi connectivity index (χ2n) is 21.3. The number of carbonyl (C=O) groups is 3. The van der Waals surface area contributed by atoms with Crippen molar-refractivity contribution in [1.82, 2.24) is 20.4 Å². The number of nitrogens with one attached hydrogen (secondary N) is 2. The number of methoxy groups -OCH3 is 2. The second-order valence-corrected chi connectivity index (χ2v) is 21.3. The Morgan fingerprint density at radius 2 is 1.11 bits per heavy atom. The van der Waals surface area contributed by atoms with Crippen LogP contribution in [0.4, 0.5) is 9.59 Å². The van der Waals surface area contributed by atoms with Crippen LogP contribution >= 0.6 is 0 Å². The molecule has 0 aromatic heterocycles. The molecule has 0 spiro atoms. The molecular formula is C58H103BrMgN4O11Ti. The van der Waals surface area contributed by atoms with Gasteiger partial charge in [-0.3, -0.25) is 9.69 Å². The fourth-order valence-corrected chi connectivity index (χ4v) is 7.48. The maximum Gasteiger partial charge on any atom is 2.00 e. The van der Waals surface area contributed by atoms with E-state index in [1.807, 2.05) is 83.4 Å². The number of hydrogen-bond donors (Lipinski definition) is 5. The minimum Gasteiger partial charge on any atom is -1.00 e. The molecular weight excluding hydrogens is 1080 g/mol. The minimum atomic E-state index is -0.486. The average molecular weight is 1180 g/mol. The third-order valence-corrected chi connectivity index (χ3v) is 10.8. The molecule has 4 fully saturated rings. The fourth-order valence-electron chi connectivity index (χ4n) is 7.48. The van der Waals surface area contributed by atoms with Crippen LogP contribution in [0.15, 0.2) is 48.5 Å². The van der Waals surface area contributed by atoms with Crippen molar-refractivity contribution in [3.8, 4) is 11.5 Å². The van der Waals surface area contributed by atoms with Crippen LogP contribution in [0.5, 0.6) is 11.5 Å². The first-order valence-electron chi connectivity index (χ1n) is 26.2. The molecule has 434 valence electrons. The molecule has 1 saturated carbocycles. The van der Waals surface area contributed by atoms with E-state index in [9.17, 15) is 14.4 Å². The summed E-state index contributed by atoms with van der Waals surface area (Å²) in [6.45, 7) is 34.3. The van der Waals surface area contributed by atoms with Crippen LogP contribution in [0.25, 0.3) is 0 Å². The number of piperidine rings is 2. The van der Waals surface area contributed by atoms with Gasteiger partial charge in [-0.05, 0) is 188 Å². The van der Waals surface area contributed by atoms with E-state index in [0.29, 0.717) is 36.9 Å². The number of rotatable bonds is 11. The van der Waals surface area contributed by atoms with E-state index in [2.05, 4.69) is 40.7 Å². The topological polar surface area (TPSA) is 189 Å². The van der Waals surface area contributed by atoms with E-state index in [-0.39, 0.29) is 106 Å². The molecule has 76 heavy (non-hydrogen) atoms. The molecule has 0 bridgehead atoms. The van der Waals surface area contributed by atoms with E-state index < -0.39 is 11.2 Å². The van der Waals surface area contributed by atoms with Crippen LogP contribution in [-0.2, 0) is 53.6 Å². The van der Waals surface area contributed by atoms with Crippen LogP contribution in [0.2, 0.25) is 0 Å². The Balaban J connectivity index is -0.000000317. The minimum absolute atomic E-state index is 0. The third-order valence-electron chi connectivity index (χ3n) is 10.8. The zero-order valence-electron chi connectivity index (χ0n) is 49.9. The summed E-state index contributed by atoms with van der Waals surface area (Å²) in [6, 6.07) is 16.1. The largest absolute Gasteiger partial charge is 2.00 e. The molecule has 5 N–H and O–H groups in total. The molecule has 6 rings (SSSR count). The molecule has 18 heteroatoms. The first-order valence-corrected chi connectivity index (χ1v) is 26.2. The third kappa shape index (κ3) is 43.7. The Morgan fingerprint density at radius 3 is 1.43 bits per heavy atom. The number of likely N-dealkylation sites (tertiary alicyclic amines) is 2. The molecule has 3 saturated heterocycles. The normalized spacial score (nSPS) is 15.5. The summed E-state index contributed by atoms with van der Waals surface area (Å²) in [5, 5.41) is 29.9. The monoisotopic (exact) mass is 1180 g/mol. The number of hydrogen-bond acceptors (Lipinski definition) is 12. The maximum atomic E-state index is 12.5. The van der Waals surface area contributed by atoms with Gasteiger partial charge in [0, 0.05) is 56.6 Å². The van der Waals surface area contributed by atoms with Gasteiger partial charge < -0.3 is 85.9 Å². The van der Waals surface area contributed by atoms with Gasteiger partial charge in [-0.15, -0.1) is 0 Å². The molecule has 3 amide bonds. The van der Waals surface area contributed by atoms with Crippen molar-refractivity contribution in [2.75, 3.05) is 60.1 Å². The fraction of sp³-hybridized carbons (Fsp3) is 0.690. The molecule has 2 aromatic carbocycles. The smallest absolute Gasteiger partial charge is 1.00 e. The van der Waals surface area contributed by atoms with Gasteiger partial charge in [-0.1, -0.05) is 30.7 Å². The maximum absolute atomic E-state index is 12.5. The van der Waals surface area contributed by atoms with Crippen LogP contribution in [-0.4, -0.2) is 161 Å². The molecule has 0 radical (unpaired) electrons. The molecule has 4 aliphatic rings. The number of aliphatic hydroxyl groups excluding tert-OH is 3. The van der Waals surface area contributed by atoms with E-state index in [4.69, 9.17) is 39.0 Å². The molecule has 2 aromatic rings. The number of amides is 3. The summed E-state index contributed by atoms with van der Waals surface area (Å²) in [4.78, 5) is 40.6. The number of ether oxygens (including phenoxy) is 5. The van der Waals surface area contributed by atoms with E-state index >= 15 is 0 Å². The molecule has 15 nitrogen and oxygen atoms in total. The molecule has 1 aliphatic carbocycles. The second kappa shape index (κ2) is 45.5. The summed E-state index contributed by atoms with van der Waals surface area (Å²) < 4.78 is 26.0. The van der Waals surface area contributed by atoms with Crippen molar-refractivity contribution < 1.29 is 92.1 Å². The number of aliphatic hydroxyl groups is 3. The summed E-state index contributed by atoms with van der Waals surface area (Å²) >= 11 is 0. The van der Waals surface area contributed by atoms with E-state index in [1.165, 1.54) is 24.8 Å². The van der Waals surface area contributed by atoms with Gasteiger partial charge in [-0.2, -0.15) is 13.3 Å². The Bertz CT molecular complexity index is 1710. The van der Waals surface area contributed by atoms with E-state index in [0.717, 1.165) is 88.4 Å². The van der Waals surface area contributed by atoms with Crippen LogP contribution in [0.3, 0.4) is 0 Å².